The van der Waals surface area contributed by atoms with E-state index < -0.39 is 0 Å². The maximum Gasteiger partial charge on any atom is 0.189 e. The summed E-state index contributed by atoms with van der Waals surface area (Å²) in [5, 5.41) is 10.4. The highest BCUT2D eigenvalue weighted by molar-refractivity contribution is 6.07. The zero-order valence-electron chi connectivity index (χ0n) is 13.5. The molecule has 0 aliphatic carbocycles. The van der Waals surface area contributed by atoms with Crippen LogP contribution in [0.3, 0.4) is 0 Å². The summed E-state index contributed by atoms with van der Waals surface area (Å²) in [6, 6.07) is 3.22. The molecule has 0 saturated carbocycles. The molecule has 116 valence electrons. The lowest BCUT2D eigenvalue weighted by Crippen LogP contribution is -1.98. The summed E-state index contributed by atoms with van der Waals surface area (Å²) in [5.41, 5.74) is 2.63. The maximum absolute atomic E-state index is 12.2. The van der Waals surface area contributed by atoms with Crippen LogP contribution in [0.2, 0.25) is 0 Å². The fraction of sp³-hybridized carbons (Fsp3) is 0.211. The number of carbonyl (C=O) groups excluding carboxylic acids is 1. The minimum Gasteiger partial charge on any atom is -0.506 e. The van der Waals surface area contributed by atoms with Gasteiger partial charge in [0.25, 0.3) is 0 Å². The van der Waals surface area contributed by atoms with Crippen molar-refractivity contribution in [2.45, 2.75) is 20.8 Å². The van der Waals surface area contributed by atoms with E-state index in [9.17, 15) is 9.90 Å². The Morgan fingerprint density at radius 3 is 2.45 bits per heavy atom. The molecule has 1 rings (SSSR count). The molecule has 0 unspecified atom stereocenters. The van der Waals surface area contributed by atoms with E-state index in [2.05, 4.69) is 6.58 Å². The van der Waals surface area contributed by atoms with Gasteiger partial charge in [-0.3, -0.25) is 4.79 Å². The number of phenolic OH excluding ortho intramolecular Hbond substituents is 1. The number of ether oxygens (including phenoxy) is 1. The number of phenols is 1. The highest BCUT2D eigenvalue weighted by atomic mass is 16.5. The maximum atomic E-state index is 12.2. The zero-order chi connectivity index (χ0) is 16.7. The normalized spacial score (nSPS) is 10.9. The zero-order valence-corrected chi connectivity index (χ0v) is 13.5. The molecule has 1 aromatic rings. The Balaban J connectivity index is 3.25. The summed E-state index contributed by atoms with van der Waals surface area (Å²) in [7, 11) is 1.52. The van der Waals surface area contributed by atoms with Crippen LogP contribution < -0.4 is 4.74 Å². The van der Waals surface area contributed by atoms with Gasteiger partial charge in [-0.1, -0.05) is 36.0 Å². The Morgan fingerprint density at radius 1 is 1.23 bits per heavy atom. The number of methoxy groups -OCH3 is 1. The van der Waals surface area contributed by atoms with Gasteiger partial charge in [0.15, 0.2) is 5.78 Å². The summed E-state index contributed by atoms with van der Waals surface area (Å²) in [4.78, 5) is 12.2. The molecular weight excluding hydrogens is 276 g/mol. The number of benzene rings is 1. The van der Waals surface area contributed by atoms with Crippen LogP contribution in [0.1, 0.15) is 36.7 Å². The lowest BCUT2D eigenvalue weighted by Gasteiger charge is -2.10. The van der Waals surface area contributed by atoms with Gasteiger partial charge < -0.3 is 9.84 Å². The summed E-state index contributed by atoms with van der Waals surface area (Å²) < 4.78 is 5.23. The number of hydrogen-bond acceptors (Lipinski definition) is 3. The first-order valence-corrected chi connectivity index (χ1v) is 6.96. The Labute approximate surface area is 131 Å². The number of hydrogen-bond donors (Lipinski definition) is 1. The van der Waals surface area contributed by atoms with E-state index in [4.69, 9.17) is 4.74 Å². The van der Waals surface area contributed by atoms with Crippen LogP contribution in [-0.4, -0.2) is 18.0 Å². The second-order valence-electron chi connectivity index (χ2n) is 5.22. The van der Waals surface area contributed by atoms with Crippen LogP contribution >= 0.6 is 0 Å². The third-order valence-corrected chi connectivity index (χ3v) is 2.87. The van der Waals surface area contributed by atoms with Crippen molar-refractivity contribution in [1.82, 2.24) is 0 Å². The second-order valence-corrected chi connectivity index (χ2v) is 5.22. The molecule has 0 amide bonds. The summed E-state index contributed by atoms with van der Waals surface area (Å²) >= 11 is 0. The van der Waals surface area contributed by atoms with Gasteiger partial charge >= 0.3 is 0 Å². The van der Waals surface area contributed by atoms with Gasteiger partial charge in [-0.25, -0.2) is 0 Å². The first-order chi connectivity index (χ1) is 10.4. The van der Waals surface area contributed by atoms with Crippen molar-refractivity contribution in [3.63, 3.8) is 0 Å². The van der Waals surface area contributed by atoms with Gasteiger partial charge in [-0.15, -0.1) is 0 Å². The standard InChI is InChI=1S/C19H22O3/c1-13(2)7-6-8-17(20)15-11-12-18(22-5)16(19(15)21)10-9-14(3)4/h6-12,21H,3H2,1-2,4-5H3. The van der Waals surface area contributed by atoms with Gasteiger partial charge in [-0.2, -0.15) is 0 Å². The highest BCUT2D eigenvalue weighted by Crippen LogP contribution is 2.33. The van der Waals surface area contributed by atoms with Crippen molar-refractivity contribution < 1.29 is 14.6 Å². The molecule has 1 N–H and O–H groups in total. The Hall–Kier alpha value is -2.55. The number of ketones is 1. The molecule has 1 aromatic carbocycles. The molecule has 0 bridgehead atoms. The molecule has 3 heteroatoms. The quantitative estimate of drug-likeness (QED) is 0.470. The van der Waals surface area contributed by atoms with Gasteiger partial charge in [0.05, 0.1) is 18.2 Å². The summed E-state index contributed by atoms with van der Waals surface area (Å²) in [6.07, 6.45) is 8.38. The first-order valence-electron chi connectivity index (χ1n) is 6.96. The van der Waals surface area contributed by atoms with Gasteiger partial charge in [0.2, 0.25) is 0 Å². The van der Waals surface area contributed by atoms with E-state index in [0.29, 0.717) is 11.3 Å². The van der Waals surface area contributed by atoms with Gasteiger partial charge in [0.1, 0.15) is 11.5 Å². The average Bonchev–Trinajstić information content (AvgIpc) is 2.44. The molecule has 0 aliphatic heterocycles. The van der Waals surface area contributed by atoms with Crippen molar-refractivity contribution in [3.05, 3.63) is 65.3 Å². The number of rotatable bonds is 6. The molecular formula is C19H22O3. The van der Waals surface area contributed by atoms with Crippen LogP contribution in [0, 0.1) is 0 Å². The van der Waals surface area contributed by atoms with Crippen LogP contribution in [-0.2, 0) is 0 Å². The summed E-state index contributed by atoms with van der Waals surface area (Å²) in [5.74, 6) is 0.145. The SMILES string of the molecule is C=C(C)C=Cc1c(OC)ccc(C(=O)C=CC=C(C)C)c1O. The van der Waals surface area contributed by atoms with Gasteiger partial charge in [0, 0.05) is 0 Å². The Morgan fingerprint density at radius 2 is 1.91 bits per heavy atom. The topological polar surface area (TPSA) is 46.5 Å². The van der Waals surface area contributed by atoms with Crippen molar-refractivity contribution in [2.24, 2.45) is 0 Å². The molecule has 0 radical (unpaired) electrons. The van der Waals surface area contributed by atoms with Crippen molar-refractivity contribution >= 4 is 11.9 Å². The lowest BCUT2D eigenvalue weighted by molar-refractivity contribution is 0.104. The second kappa shape index (κ2) is 8.03. The minimum absolute atomic E-state index is 0.0938. The van der Waals surface area contributed by atoms with Gasteiger partial charge in [-0.05, 0) is 45.1 Å². The van der Waals surface area contributed by atoms with Crippen molar-refractivity contribution in [2.75, 3.05) is 7.11 Å². The van der Waals surface area contributed by atoms with Crippen molar-refractivity contribution in [3.8, 4) is 11.5 Å². The molecule has 0 saturated heterocycles. The number of allylic oxidation sites excluding steroid dienone is 6. The first kappa shape index (κ1) is 17.5. The summed E-state index contributed by atoms with van der Waals surface area (Å²) in [6.45, 7) is 9.51. The lowest BCUT2D eigenvalue weighted by atomic mass is 10.0. The van der Waals surface area contributed by atoms with E-state index in [0.717, 1.165) is 11.1 Å². The largest absolute Gasteiger partial charge is 0.506 e. The van der Waals surface area contributed by atoms with Crippen LogP contribution in [0.4, 0.5) is 0 Å². The van der Waals surface area contributed by atoms with Crippen molar-refractivity contribution in [1.29, 1.82) is 0 Å². The highest BCUT2D eigenvalue weighted by Gasteiger charge is 2.15. The molecule has 0 spiro atoms. The van der Waals surface area contributed by atoms with E-state index in [1.54, 1.807) is 30.4 Å². The third-order valence-electron chi connectivity index (χ3n) is 2.87. The van der Waals surface area contributed by atoms with E-state index in [-0.39, 0.29) is 17.1 Å². The molecule has 3 nitrogen and oxygen atoms in total. The fourth-order valence-electron chi connectivity index (χ4n) is 1.77. The third kappa shape index (κ3) is 4.77. The fourth-order valence-corrected chi connectivity index (χ4v) is 1.77. The molecule has 0 atom stereocenters. The number of carbonyl (C=O) groups is 1. The number of aromatic hydroxyl groups is 1. The minimum atomic E-state index is -0.261. The monoisotopic (exact) mass is 298 g/mol. The van der Waals surface area contributed by atoms with Crippen LogP contribution in [0.15, 0.2) is 54.2 Å². The molecule has 0 heterocycles. The van der Waals surface area contributed by atoms with Crippen LogP contribution in [0.5, 0.6) is 11.5 Å². The molecule has 0 fully saturated rings. The van der Waals surface area contributed by atoms with E-state index >= 15 is 0 Å². The van der Waals surface area contributed by atoms with Crippen LogP contribution in [0.25, 0.3) is 6.08 Å². The van der Waals surface area contributed by atoms with E-state index in [1.807, 2.05) is 26.8 Å². The molecule has 0 aliphatic rings. The predicted octanol–water partition coefficient (Wildman–Crippen LogP) is 4.70. The molecule has 22 heavy (non-hydrogen) atoms. The predicted molar refractivity (Wildman–Crippen MR) is 91.4 cm³/mol. The Bertz CT molecular complexity index is 658. The average molecular weight is 298 g/mol. The van der Waals surface area contributed by atoms with E-state index in [1.165, 1.54) is 13.2 Å². The smallest absolute Gasteiger partial charge is 0.189 e. The molecule has 0 aromatic heterocycles. The Kier molecular flexibility index (Phi) is 6.39.